The number of hydrogen-bond acceptors (Lipinski definition) is 7. The number of nitrogens with one attached hydrogen (secondary N) is 1. The van der Waals surface area contributed by atoms with Crippen molar-refractivity contribution in [1.29, 1.82) is 0 Å². The van der Waals surface area contributed by atoms with Crippen LogP contribution in [-0.2, 0) is 0 Å². The van der Waals surface area contributed by atoms with Crippen molar-refractivity contribution in [1.82, 2.24) is 15.2 Å². The van der Waals surface area contributed by atoms with Crippen LogP contribution in [0.15, 0.2) is 67.3 Å². The number of nitrogens with zero attached hydrogens (tertiary/aromatic N) is 3. The molecule has 3 aromatic heterocycles. The van der Waals surface area contributed by atoms with Crippen molar-refractivity contribution in [2.75, 3.05) is 0 Å². The molecular weight excluding hydrogens is 348 g/mol. The third-order valence-corrected chi connectivity index (χ3v) is 3.78. The summed E-state index contributed by atoms with van der Waals surface area (Å²) >= 11 is 0. The standard InChI is InChI=1S/C19H14N4O4/c1-11-8-15(24)14(19(25)27-11)10-20-13-5-2-4-12(9-13)17-21-18(23-22-17)16-6-3-7-26-16/h2-10,24H,1H3,(H,21,22,23). The van der Waals surface area contributed by atoms with E-state index in [9.17, 15) is 9.90 Å². The molecular formula is C19H14N4O4. The van der Waals surface area contributed by atoms with Crippen LogP contribution in [0.4, 0.5) is 5.69 Å². The first-order valence-electron chi connectivity index (χ1n) is 8.04. The molecule has 134 valence electrons. The largest absolute Gasteiger partial charge is 0.507 e. The highest BCUT2D eigenvalue weighted by Crippen LogP contribution is 2.24. The zero-order valence-electron chi connectivity index (χ0n) is 14.2. The smallest absolute Gasteiger partial charge is 0.348 e. The Balaban J connectivity index is 1.63. The van der Waals surface area contributed by atoms with E-state index < -0.39 is 5.63 Å². The first-order valence-corrected chi connectivity index (χ1v) is 8.04. The predicted molar refractivity (Wildman–Crippen MR) is 98.2 cm³/mol. The SMILES string of the molecule is Cc1cc(O)c(C=Nc2cccc(-c3n[nH]c(-c4ccco4)n3)c2)c(=O)o1. The van der Waals surface area contributed by atoms with E-state index in [0.29, 0.717) is 28.9 Å². The van der Waals surface area contributed by atoms with Crippen LogP contribution in [0.1, 0.15) is 11.3 Å². The molecule has 1 aromatic carbocycles. The summed E-state index contributed by atoms with van der Waals surface area (Å²) in [6.45, 7) is 1.58. The summed E-state index contributed by atoms with van der Waals surface area (Å²) in [5, 5.41) is 16.9. The van der Waals surface area contributed by atoms with Crippen molar-refractivity contribution >= 4 is 11.9 Å². The van der Waals surface area contributed by atoms with E-state index in [0.717, 1.165) is 5.56 Å². The fourth-order valence-electron chi connectivity index (χ4n) is 2.50. The molecule has 2 N–H and O–H groups in total. The van der Waals surface area contributed by atoms with Gasteiger partial charge in [-0.3, -0.25) is 10.1 Å². The minimum Gasteiger partial charge on any atom is -0.507 e. The minimum atomic E-state index is -0.649. The number of benzene rings is 1. The van der Waals surface area contributed by atoms with Crippen LogP contribution in [-0.4, -0.2) is 26.5 Å². The molecule has 0 aliphatic rings. The summed E-state index contributed by atoms with van der Waals surface area (Å²) in [5.74, 6) is 1.74. The molecule has 8 nitrogen and oxygen atoms in total. The molecule has 0 atom stereocenters. The van der Waals surface area contributed by atoms with Crippen molar-refractivity contribution in [3.05, 3.63) is 70.5 Å². The number of H-pyrrole nitrogens is 1. The quantitative estimate of drug-likeness (QED) is 0.537. The lowest BCUT2D eigenvalue weighted by molar-refractivity contribution is 0.433. The summed E-state index contributed by atoms with van der Waals surface area (Å²) in [7, 11) is 0. The average Bonchev–Trinajstić information content (AvgIpc) is 3.33. The maximum absolute atomic E-state index is 11.8. The molecule has 0 aliphatic carbocycles. The molecule has 3 heterocycles. The van der Waals surface area contributed by atoms with Crippen LogP contribution in [0.25, 0.3) is 23.0 Å². The van der Waals surface area contributed by atoms with Gasteiger partial charge in [-0.25, -0.2) is 9.78 Å². The number of hydrogen-bond donors (Lipinski definition) is 2. The average molecular weight is 362 g/mol. The Morgan fingerprint density at radius 2 is 2.11 bits per heavy atom. The molecule has 0 radical (unpaired) electrons. The number of aromatic hydroxyl groups is 1. The number of aromatic nitrogens is 3. The number of furan rings is 1. The van der Waals surface area contributed by atoms with Crippen molar-refractivity contribution in [2.45, 2.75) is 6.92 Å². The summed E-state index contributed by atoms with van der Waals surface area (Å²) < 4.78 is 10.3. The first-order chi connectivity index (χ1) is 13.1. The van der Waals surface area contributed by atoms with Gasteiger partial charge in [0, 0.05) is 17.8 Å². The van der Waals surface area contributed by atoms with Gasteiger partial charge >= 0.3 is 5.63 Å². The Hall–Kier alpha value is -3.94. The number of aliphatic imine (C=N–C) groups is 1. The second-order valence-electron chi connectivity index (χ2n) is 5.74. The zero-order valence-corrected chi connectivity index (χ0v) is 14.2. The van der Waals surface area contributed by atoms with Gasteiger partial charge in [0.1, 0.15) is 17.1 Å². The van der Waals surface area contributed by atoms with E-state index in [2.05, 4.69) is 20.2 Å². The van der Waals surface area contributed by atoms with Gasteiger partial charge in [-0.15, -0.1) is 0 Å². The maximum atomic E-state index is 11.8. The first kappa shape index (κ1) is 16.5. The van der Waals surface area contributed by atoms with Crippen LogP contribution < -0.4 is 5.63 Å². The molecule has 8 heteroatoms. The van der Waals surface area contributed by atoms with Gasteiger partial charge < -0.3 is 13.9 Å². The summed E-state index contributed by atoms with van der Waals surface area (Å²) in [6, 6.07) is 12.1. The summed E-state index contributed by atoms with van der Waals surface area (Å²) in [4.78, 5) is 20.5. The third kappa shape index (κ3) is 3.40. The molecule has 0 saturated carbocycles. The molecule has 0 spiro atoms. The number of rotatable bonds is 4. The molecule has 27 heavy (non-hydrogen) atoms. The topological polar surface area (TPSA) is 118 Å². The summed E-state index contributed by atoms with van der Waals surface area (Å²) in [5.41, 5.74) is 0.642. The maximum Gasteiger partial charge on any atom is 0.348 e. The van der Waals surface area contributed by atoms with Gasteiger partial charge in [-0.2, -0.15) is 5.10 Å². The Morgan fingerprint density at radius 1 is 1.22 bits per heavy atom. The third-order valence-electron chi connectivity index (χ3n) is 3.78. The highest BCUT2D eigenvalue weighted by molar-refractivity contribution is 5.84. The van der Waals surface area contributed by atoms with Crippen LogP contribution in [0.3, 0.4) is 0 Å². The second-order valence-corrected chi connectivity index (χ2v) is 5.74. The molecule has 0 bridgehead atoms. The highest BCUT2D eigenvalue weighted by atomic mass is 16.4. The van der Waals surface area contributed by atoms with Crippen LogP contribution in [0.2, 0.25) is 0 Å². The predicted octanol–water partition coefficient (Wildman–Crippen LogP) is 3.45. The van der Waals surface area contributed by atoms with Gasteiger partial charge in [0.15, 0.2) is 17.4 Å². The molecule has 0 amide bonds. The van der Waals surface area contributed by atoms with E-state index >= 15 is 0 Å². The Kier molecular flexibility index (Phi) is 4.13. The number of aryl methyl sites for hydroxylation is 1. The zero-order chi connectivity index (χ0) is 18.8. The molecule has 4 rings (SSSR count). The lowest BCUT2D eigenvalue weighted by Crippen LogP contribution is -2.07. The van der Waals surface area contributed by atoms with Crippen LogP contribution in [0, 0.1) is 6.92 Å². The van der Waals surface area contributed by atoms with Crippen molar-refractivity contribution in [3.8, 4) is 28.7 Å². The minimum absolute atomic E-state index is 0.0102. The highest BCUT2D eigenvalue weighted by Gasteiger charge is 2.10. The van der Waals surface area contributed by atoms with Crippen LogP contribution in [0.5, 0.6) is 5.75 Å². The molecule has 0 fully saturated rings. The van der Waals surface area contributed by atoms with Crippen molar-refractivity contribution in [3.63, 3.8) is 0 Å². The van der Waals surface area contributed by atoms with E-state index in [-0.39, 0.29) is 11.3 Å². The molecule has 4 aromatic rings. The fourth-order valence-corrected chi connectivity index (χ4v) is 2.50. The van der Waals surface area contributed by atoms with E-state index in [1.165, 1.54) is 12.3 Å². The van der Waals surface area contributed by atoms with Gasteiger partial charge in [-0.05, 0) is 31.2 Å². The van der Waals surface area contributed by atoms with Crippen molar-refractivity contribution in [2.24, 2.45) is 4.99 Å². The lowest BCUT2D eigenvalue weighted by Gasteiger charge is -2.00. The monoisotopic (exact) mass is 362 g/mol. The Morgan fingerprint density at radius 3 is 2.89 bits per heavy atom. The molecule has 0 unspecified atom stereocenters. The van der Waals surface area contributed by atoms with Gasteiger partial charge in [0.05, 0.1) is 12.0 Å². The van der Waals surface area contributed by atoms with E-state index in [1.54, 1.807) is 43.5 Å². The van der Waals surface area contributed by atoms with Gasteiger partial charge in [0.2, 0.25) is 0 Å². The fraction of sp³-hybridized carbons (Fsp3) is 0.0526. The summed E-state index contributed by atoms with van der Waals surface area (Å²) in [6.07, 6.45) is 2.83. The molecule has 0 saturated heterocycles. The Labute approximate surface area is 152 Å². The van der Waals surface area contributed by atoms with Crippen molar-refractivity contribution < 1.29 is 13.9 Å². The lowest BCUT2D eigenvalue weighted by atomic mass is 10.2. The second kappa shape index (κ2) is 6.75. The van der Waals surface area contributed by atoms with E-state index in [1.807, 2.05) is 6.07 Å². The van der Waals surface area contributed by atoms with Gasteiger partial charge in [-0.1, -0.05) is 12.1 Å². The normalized spacial score (nSPS) is 11.3. The van der Waals surface area contributed by atoms with E-state index in [4.69, 9.17) is 8.83 Å². The number of aromatic amines is 1. The molecule has 0 aliphatic heterocycles. The van der Waals surface area contributed by atoms with Crippen LogP contribution >= 0.6 is 0 Å². The Bertz CT molecular complexity index is 1170. The van der Waals surface area contributed by atoms with Gasteiger partial charge in [0.25, 0.3) is 0 Å².